The maximum Gasteiger partial charge on any atom is 0.356 e. The fourth-order valence-corrected chi connectivity index (χ4v) is 0.694. The monoisotopic (exact) mass is 186 g/mol. The Hall–Kier alpha value is -1.52. The SMILES string of the molecule is COC(=O)C(=CN(C)C)NC(C)=O. The van der Waals surface area contributed by atoms with E-state index in [1.165, 1.54) is 20.2 Å². The number of hydrogen-bond acceptors (Lipinski definition) is 4. The van der Waals surface area contributed by atoms with Crippen molar-refractivity contribution in [2.75, 3.05) is 21.2 Å². The number of rotatable bonds is 3. The Balaban J connectivity index is 4.55. The van der Waals surface area contributed by atoms with Crippen molar-refractivity contribution in [2.45, 2.75) is 6.92 Å². The molecule has 5 heteroatoms. The number of methoxy groups -OCH3 is 1. The van der Waals surface area contributed by atoms with Crippen molar-refractivity contribution in [1.29, 1.82) is 0 Å². The van der Waals surface area contributed by atoms with Crippen LogP contribution in [-0.4, -0.2) is 38.0 Å². The second-order valence-corrected chi connectivity index (χ2v) is 2.68. The van der Waals surface area contributed by atoms with Crippen LogP contribution in [0.15, 0.2) is 11.9 Å². The average molecular weight is 186 g/mol. The molecule has 5 nitrogen and oxygen atoms in total. The van der Waals surface area contributed by atoms with E-state index in [1.54, 1.807) is 19.0 Å². The fourth-order valence-electron chi connectivity index (χ4n) is 0.694. The summed E-state index contributed by atoms with van der Waals surface area (Å²) in [6.45, 7) is 1.33. The van der Waals surface area contributed by atoms with Gasteiger partial charge in [0, 0.05) is 27.2 Å². The van der Waals surface area contributed by atoms with Crippen LogP contribution in [0.3, 0.4) is 0 Å². The number of ether oxygens (including phenoxy) is 1. The van der Waals surface area contributed by atoms with Crippen molar-refractivity contribution in [3.63, 3.8) is 0 Å². The van der Waals surface area contributed by atoms with Gasteiger partial charge in [0.05, 0.1) is 7.11 Å². The second kappa shape index (κ2) is 5.18. The molecule has 0 fully saturated rings. The third-order valence-corrected chi connectivity index (χ3v) is 1.10. The van der Waals surface area contributed by atoms with E-state index in [4.69, 9.17) is 0 Å². The van der Waals surface area contributed by atoms with Crippen LogP contribution in [0, 0.1) is 0 Å². The van der Waals surface area contributed by atoms with Crippen LogP contribution in [0.1, 0.15) is 6.92 Å². The predicted octanol–water partition coefficient (Wildman–Crippen LogP) is -0.302. The number of nitrogens with zero attached hydrogens (tertiary/aromatic N) is 1. The van der Waals surface area contributed by atoms with Crippen molar-refractivity contribution < 1.29 is 14.3 Å². The zero-order valence-electron chi connectivity index (χ0n) is 8.25. The van der Waals surface area contributed by atoms with Crippen molar-refractivity contribution in [1.82, 2.24) is 10.2 Å². The number of carbonyl (C=O) groups excluding carboxylic acids is 2. The Kier molecular flexibility index (Phi) is 4.58. The highest BCUT2D eigenvalue weighted by molar-refractivity contribution is 5.92. The van der Waals surface area contributed by atoms with Crippen molar-refractivity contribution in [3.05, 3.63) is 11.9 Å². The minimum atomic E-state index is -0.566. The molecule has 1 N–H and O–H groups in total. The lowest BCUT2D eigenvalue weighted by molar-refractivity contribution is -0.137. The van der Waals surface area contributed by atoms with E-state index in [2.05, 4.69) is 10.1 Å². The first kappa shape index (κ1) is 11.5. The summed E-state index contributed by atoms with van der Waals surface area (Å²) in [5.74, 6) is -0.873. The summed E-state index contributed by atoms with van der Waals surface area (Å²) in [5.41, 5.74) is 0.125. The molecule has 0 aromatic rings. The number of carbonyl (C=O) groups is 2. The van der Waals surface area contributed by atoms with Gasteiger partial charge in [0.2, 0.25) is 5.91 Å². The third-order valence-electron chi connectivity index (χ3n) is 1.10. The highest BCUT2D eigenvalue weighted by Gasteiger charge is 2.10. The maximum atomic E-state index is 11.1. The third kappa shape index (κ3) is 4.84. The molecule has 0 spiro atoms. The number of esters is 1. The van der Waals surface area contributed by atoms with Crippen LogP contribution in [-0.2, 0) is 14.3 Å². The molecule has 0 atom stereocenters. The van der Waals surface area contributed by atoms with E-state index in [9.17, 15) is 9.59 Å². The smallest absolute Gasteiger partial charge is 0.356 e. The van der Waals surface area contributed by atoms with E-state index < -0.39 is 5.97 Å². The molecule has 0 aromatic carbocycles. The van der Waals surface area contributed by atoms with E-state index in [0.717, 1.165) is 0 Å². The molecule has 0 saturated heterocycles. The lowest BCUT2D eigenvalue weighted by Crippen LogP contribution is -2.27. The molecule has 0 aliphatic heterocycles. The molecule has 0 aliphatic rings. The van der Waals surface area contributed by atoms with Crippen LogP contribution in [0.2, 0.25) is 0 Å². The minimum Gasteiger partial charge on any atom is -0.464 e. The van der Waals surface area contributed by atoms with E-state index in [-0.39, 0.29) is 11.6 Å². The molecule has 0 bridgehead atoms. The standard InChI is InChI=1S/C8H14N2O3/c1-6(11)9-7(5-10(2)3)8(12)13-4/h5H,1-4H3,(H,9,11). The van der Waals surface area contributed by atoms with Gasteiger partial charge in [0.1, 0.15) is 5.70 Å². The van der Waals surface area contributed by atoms with Crippen LogP contribution < -0.4 is 5.32 Å². The van der Waals surface area contributed by atoms with Gasteiger partial charge in [0.25, 0.3) is 0 Å². The van der Waals surface area contributed by atoms with Gasteiger partial charge in [-0.3, -0.25) is 4.79 Å². The van der Waals surface area contributed by atoms with Gasteiger partial charge < -0.3 is 15.0 Å². The zero-order chi connectivity index (χ0) is 10.4. The summed E-state index contributed by atoms with van der Waals surface area (Å²) in [6.07, 6.45) is 1.48. The van der Waals surface area contributed by atoms with E-state index in [0.29, 0.717) is 0 Å². The second-order valence-electron chi connectivity index (χ2n) is 2.68. The Morgan fingerprint density at radius 3 is 2.23 bits per heavy atom. The van der Waals surface area contributed by atoms with E-state index in [1.807, 2.05) is 0 Å². The van der Waals surface area contributed by atoms with Crippen LogP contribution in [0.25, 0.3) is 0 Å². The summed E-state index contributed by atoms with van der Waals surface area (Å²) in [4.78, 5) is 23.4. The van der Waals surface area contributed by atoms with Gasteiger partial charge in [-0.25, -0.2) is 4.79 Å². The summed E-state index contributed by atoms with van der Waals surface area (Å²) in [5, 5.41) is 2.37. The topological polar surface area (TPSA) is 58.6 Å². The summed E-state index contributed by atoms with van der Waals surface area (Å²) < 4.78 is 4.47. The molecule has 0 unspecified atom stereocenters. The molecule has 74 valence electrons. The van der Waals surface area contributed by atoms with E-state index >= 15 is 0 Å². The average Bonchev–Trinajstić information content (AvgIpc) is 2.00. The molecule has 0 aromatic heterocycles. The summed E-state index contributed by atoms with van der Waals surface area (Å²) in [6, 6.07) is 0. The first-order chi connectivity index (χ1) is 5.97. The Morgan fingerprint density at radius 1 is 1.38 bits per heavy atom. The molecule has 0 rings (SSSR count). The first-order valence-corrected chi connectivity index (χ1v) is 3.71. The van der Waals surface area contributed by atoms with Gasteiger partial charge >= 0.3 is 5.97 Å². The van der Waals surface area contributed by atoms with Crippen LogP contribution >= 0.6 is 0 Å². The normalized spacial score (nSPS) is 10.6. The van der Waals surface area contributed by atoms with Crippen LogP contribution in [0.4, 0.5) is 0 Å². The molecular weight excluding hydrogens is 172 g/mol. The van der Waals surface area contributed by atoms with Gasteiger partial charge in [-0.05, 0) is 0 Å². The van der Waals surface area contributed by atoms with Gasteiger partial charge in [-0.1, -0.05) is 0 Å². The predicted molar refractivity (Wildman–Crippen MR) is 47.6 cm³/mol. The quantitative estimate of drug-likeness (QED) is 0.485. The fraction of sp³-hybridized carbons (Fsp3) is 0.500. The Labute approximate surface area is 77.4 Å². The van der Waals surface area contributed by atoms with Crippen molar-refractivity contribution in [3.8, 4) is 0 Å². The number of hydrogen-bond donors (Lipinski definition) is 1. The van der Waals surface area contributed by atoms with Crippen LogP contribution in [0.5, 0.6) is 0 Å². The summed E-state index contributed by atoms with van der Waals surface area (Å²) >= 11 is 0. The molecule has 0 heterocycles. The van der Waals surface area contributed by atoms with Gasteiger partial charge in [-0.2, -0.15) is 0 Å². The first-order valence-electron chi connectivity index (χ1n) is 3.71. The lowest BCUT2D eigenvalue weighted by atomic mass is 10.4. The molecule has 1 amide bonds. The highest BCUT2D eigenvalue weighted by atomic mass is 16.5. The maximum absolute atomic E-state index is 11.1. The Morgan fingerprint density at radius 2 is 1.92 bits per heavy atom. The molecule has 13 heavy (non-hydrogen) atoms. The largest absolute Gasteiger partial charge is 0.464 e. The Bertz CT molecular complexity index is 234. The minimum absolute atomic E-state index is 0.125. The van der Waals surface area contributed by atoms with Gasteiger partial charge in [0.15, 0.2) is 0 Å². The molecule has 0 radical (unpaired) electrons. The van der Waals surface area contributed by atoms with Crippen molar-refractivity contribution in [2.24, 2.45) is 0 Å². The molecule has 0 aliphatic carbocycles. The van der Waals surface area contributed by atoms with Gasteiger partial charge in [-0.15, -0.1) is 0 Å². The molecule has 0 saturated carbocycles. The van der Waals surface area contributed by atoms with Crippen molar-refractivity contribution >= 4 is 11.9 Å². The highest BCUT2D eigenvalue weighted by Crippen LogP contribution is 1.94. The molecular formula is C8H14N2O3. The number of amides is 1. The zero-order valence-corrected chi connectivity index (χ0v) is 8.25. The number of nitrogens with one attached hydrogen (secondary N) is 1. The summed E-state index contributed by atoms with van der Waals surface area (Å²) in [7, 11) is 4.74. The lowest BCUT2D eigenvalue weighted by Gasteiger charge is -2.10.